The monoisotopic (exact) mass is 293 g/mol. The Bertz CT molecular complexity index is 743. The Kier molecular flexibility index (Phi) is 4.59. The van der Waals surface area contributed by atoms with Gasteiger partial charge in [-0.15, -0.1) is 0 Å². The van der Waals surface area contributed by atoms with E-state index in [1.54, 1.807) is 7.11 Å². The van der Waals surface area contributed by atoms with Gasteiger partial charge in [-0.25, -0.2) is 0 Å². The molecule has 114 valence electrons. The molecule has 2 heteroatoms. The number of methoxy groups -OCH3 is 1. The van der Waals surface area contributed by atoms with E-state index >= 15 is 0 Å². The molecule has 2 nitrogen and oxygen atoms in total. The van der Waals surface area contributed by atoms with Crippen LogP contribution in [0.2, 0.25) is 0 Å². The molecule has 3 rings (SSSR count). The molecule has 0 aliphatic rings. The van der Waals surface area contributed by atoms with Crippen molar-refractivity contribution in [2.45, 2.75) is 26.3 Å². The van der Waals surface area contributed by atoms with Crippen LogP contribution in [0.4, 0.5) is 0 Å². The first-order valence-electron chi connectivity index (χ1n) is 8.00. The van der Waals surface area contributed by atoms with Crippen LogP contribution in [-0.2, 0) is 17.7 Å². The normalized spacial score (nSPS) is 11.2. The van der Waals surface area contributed by atoms with Gasteiger partial charge >= 0.3 is 0 Å². The molecule has 22 heavy (non-hydrogen) atoms. The van der Waals surface area contributed by atoms with Gasteiger partial charge < -0.3 is 9.30 Å². The first-order valence-corrected chi connectivity index (χ1v) is 8.00. The van der Waals surface area contributed by atoms with E-state index in [2.05, 4.69) is 66.2 Å². The van der Waals surface area contributed by atoms with Gasteiger partial charge in [0.1, 0.15) is 0 Å². The summed E-state index contributed by atoms with van der Waals surface area (Å²) in [4.78, 5) is 0. The molecule has 1 aromatic heterocycles. The zero-order valence-electron chi connectivity index (χ0n) is 13.4. The molecule has 0 spiro atoms. The molecule has 0 unspecified atom stereocenters. The van der Waals surface area contributed by atoms with Crippen LogP contribution in [0, 0.1) is 0 Å². The van der Waals surface area contributed by atoms with Gasteiger partial charge in [0.05, 0.1) is 0 Å². The van der Waals surface area contributed by atoms with Gasteiger partial charge in [0.15, 0.2) is 0 Å². The number of ether oxygens (including phenoxy) is 1. The smallest absolute Gasteiger partial charge is 0.0489 e. The van der Waals surface area contributed by atoms with E-state index in [4.69, 9.17) is 4.74 Å². The molecular formula is C20H23NO. The summed E-state index contributed by atoms with van der Waals surface area (Å²) in [6.45, 7) is 4.04. The van der Waals surface area contributed by atoms with Crippen LogP contribution in [0.1, 0.15) is 18.9 Å². The van der Waals surface area contributed by atoms with Gasteiger partial charge in [-0.05, 0) is 35.6 Å². The minimum absolute atomic E-state index is 0.805. The number of nitrogens with zero attached hydrogens (tertiary/aromatic N) is 1. The highest BCUT2D eigenvalue weighted by Crippen LogP contribution is 2.33. The maximum Gasteiger partial charge on any atom is 0.0489 e. The standard InChI is InChI=1S/C20H23NO/c1-3-16-15-21(13-8-14-22-2)19-12-7-11-18(20(16)19)17-9-5-4-6-10-17/h4-7,9-12,15H,3,8,13-14H2,1-2H3. The highest BCUT2D eigenvalue weighted by molar-refractivity contribution is 5.98. The van der Waals surface area contributed by atoms with Crippen molar-refractivity contribution in [3.05, 3.63) is 60.3 Å². The van der Waals surface area contributed by atoms with E-state index in [9.17, 15) is 0 Å². The number of aromatic nitrogens is 1. The molecule has 0 fully saturated rings. The van der Waals surface area contributed by atoms with Crippen molar-refractivity contribution in [2.75, 3.05) is 13.7 Å². The maximum absolute atomic E-state index is 5.19. The minimum Gasteiger partial charge on any atom is -0.385 e. The van der Waals surface area contributed by atoms with Crippen molar-refractivity contribution in [3.63, 3.8) is 0 Å². The molecule has 0 amide bonds. The molecule has 0 radical (unpaired) electrons. The lowest BCUT2D eigenvalue weighted by molar-refractivity contribution is 0.190. The second-order valence-electron chi connectivity index (χ2n) is 5.61. The zero-order valence-corrected chi connectivity index (χ0v) is 13.4. The van der Waals surface area contributed by atoms with Crippen LogP contribution < -0.4 is 0 Å². The average Bonchev–Trinajstić information content (AvgIpc) is 2.94. The third-order valence-electron chi connectivity index (χ3n) is 4.20. The Morgan fingerprint density at radius 1 is 1.00 bits per heavy atom. The number of rotatable bonds is 6. The summed E-state index contributed by atoms with van der Waals surface area (Å²) in [6.07, 6.45) is 4.41. The summed E-state index contributed by atoms with van der Waals surface area (Å²) in [5.74, 6) is 0. The Morgan fingerprint density at radius 2 is 1.82 bits per heavy atom. The van der Waals surface area contributed by atoms with Crippen molar-refractivity contribution in [1.82, 2.24) is 4.57 Å². The topological polar surface area (TPSA) is 14.2 Å². The average molecular weight is 293 g/mol. The van der Waals surface area contributed by atoms with E-state index in [1.807, 2.05) is 0 Å². The SMILES string of the molecule is CCc1cn(CCCOC)c2cccc(-c3ccccc3)c12. The third-order valence-corrected chi connectivity index (χ3v) is 4.20. The Balaban J connectivity index is 2.11. The quantitative estimate of drug-likeness (QED) is 0.589. The summed E-state index contributed by atoms with van der Waals surface area (Å²) < 4.78 is 7.56. The number of hydrogen-bond donors (Lipinski definition) is 0. The van der Waals surface area contributed by atoms with Gasteiger partial charge in [0, 0.05) is 37.4 Å². The van der Waals surface area contributed by atoms with Crippen LogP contribution >= 0.6 is 0 Å². The molecular weight excluding hydrogens is 270 g/mol. The molecule has 0 aliphatic heterocycles. The van der Waals surface area contributed by atoms with Gasteiger partial charge in [-0.3, -0.25) is 0 Å². The Labute approximate surface area is 132 Å². The van der Waals surface area contributed by atoms with Crippen LogP contribution in [0.5, 0.6) is 0 Å². The minimum atomic E-state index is 0.805. The lowest BCUT2D eigenvalue weighted by atomic mass is 9.98. The van der Waals surface area contributed by atoms with E-state index in [-0.39, 0.29) is 0 Å². The predicted molar refractivity (Wildman–Crippen MR) is 93.2 cm³/mol. The molecule has 1 heterocycles. The fourth-order valence-corrected chi connectivity index (χ4v) is 3.13. The summed E-state index contributed by atoms with van der Waals surface area (Å²) in [5, 5.41) is 1.40. The second-order valence-corrected chi connectivity index (χ2v) is 5.61. The summed E-state index contributed by atoms with van der Waals surface area (Å²) in [6, 6.07) is 17.3. The van der Waals surface area contributed by atoms with Crippen LogP contribution in [0.3, 0.4) is 0 Å². The number of aryl methyl sites for hydroxylation is 2. The van der Waals surface area contributed by atoms with Crippen molar-refractivity contribution in [3.8, 4) is 11.1 Å². The molecule has 0 atom stereocenters. The predicted octanol–water partition coefficient (Wildman–Crippen LogP) is 4.91. The van der Waals surface area contributed by atoms with Gasteiger partial charge in [-0.1, -0.05) is 49.4 Å². The van der Waals surface area contributed by atoms with E-state index < -0.39 is 0 Å². The summed E-state index contributed by atoms with van der Waals surface area (Å²) in [5.41, 5.74) is 5.37. The van der Waals surface area contributed by atoms with Crippen molar-refractivity contribution in [1.29, 1.82) is 0 Å². The molecule has 0 bridgehead atoms. The van der Waals surface area contributed by atoms with Gasteiger partial charge in [-0.2, -0.15) is 0 Å². The largest absolute Gasteiger partial charge is 0.385 e. The molecule has 0 saturated carbocycles. The highest BCUT2D eigenvalue weighted by Gasteiger charge is 2.12. The zero-order chi connectivity index (χ0) is 15.4. The molecule has 2 aromatic carbocycles. The van der Waals surface area contributed by atoms with Gasteiger partial charge in [0.25, 0.3) is 0 Å². The fraction of sp³-hybridized carbons (Fsp3) is 0.300. The summed E-state index contributed by atoms with van der Waals surface area (Å²) >= 11 is 0. The fourth-order valence-electron chi connectivity index (χ4n) is 3.13. The molecule has 3 aromatic rings. The number of fused-ring (bicyclic) bond motifs is 1. The first kappa shape index (κ1) is 14.9. The van der Waals surface area contributed by atoms with E-state index in [1.165, 1.54) is 27.6 Å². The van der Waals surface area contributed by atoms with E-state index in [0.29, 0.717) is 0 Å². The lowest BCUT2D eigenvalue weighted by Gasteiger charge is -2.08. The van der Waals surface area contributed by atoms with Crippen LogP contribution in [0.25, 0.3) is 22.0 Å². The second kappa shape index (κ2) is 6.80. The van der Waals surface area contributed by atoms with Crippen LogP contribution in [-0.4, -0.2) is 18.3 Å². The van der Waals surface area contributed by atoms with E-state index in [0.717, 1.165) is 26.0 Å². The molecule has 0 aliphatic carbocycles. The first-order chi connectivity index (χ1) is 10.8. The number of hydrogen-bond acceptors (Lipinski definition) is 1. The lowest BCUT2D eigenvalue weighted by Crippen LogP contribution is -1.99. The van der Waals surface area contributed by atoms with Crippen molar-refractivity contribution < 1.29 is 4.74 Å². The van der Waals surface area contributed by atoms with Gasteiger partial charge in [0.2, 0.25) is 0 Å². The Hall–Kier alpha value is -2.06. The molecule has 0 saturated heterocycles. The highest BCUT2D eigenvalue weighted by atomic mass is 16.5. The number of benzene rings is 2. The maximum atomic E-state index is 5.19. The van der Waals surface area contributed by atoms with Crippen LogP contribution in [0.15, 0.2) is 54.7 Å². The Morgan fingerprint density at radius 3 is 2.55 bits per heavy atom. The van der Waals surface area contributed by atoms with Crippen molar-refractivity contribution in [2.24, 2.45) is 0 Å². The third kappa shape index (κ3) is 2.79. The summed E-state index contributed by atoms with van der Waals surface area (Å²) in [7, 11) is 1.76. The molecule has 0 N–H and O–H groups in total. The van der Waals surface area contributed by atoms with Crippen molar-refractivity contribution >= 4 is 10.9 Å².